The van der Waals surface area contributed by atoms with Gasteiger partial charge in [0.1, 0.15) is 0 Å². The van der Waals surface area contributed by atoms with E-state index in [-0.39, 0.29) is 0 Å². The summed E-state index contributed by atoms with van der Waals surface area (Å²) >= 11 is 1.96. The second kappa shape index (κ2) is 4.55. The number of rotatable bonds is 3. The van der Waals surface area contributed by atoms with E-state index in [2.05, 4.69) is 31.2 Å². The van der Waals surface area contributed by atoms with Crippen molar-refractivity contribution in [1.29, 1.82) is 0 Å². The first-order valence-electron chi connectivity index (χ1n) is 8.01. The van der Waals surface area contributed by atoms with Crippen LogP contribution >= 0.6 is 11.8 Å². The molecule has 1 aromatic rings. The predicted molar refractivity (Wildman–Crippen MR) is 82.7 cm³/mol. The summed E-state index contributed by atoms with van der Waals surface area (Å²) in [5.41, 5.74) is 2.23. The summed E-state index contributed by atoms with van der Waals surface area (Å²) in [6, 6.07) is 9.63. The first-order valence-corrected chi connectivity index (χ1v) is 8.99. The fourth-order valence-electron chi connectivity index (χ4n) is 5.54. The summed E-state index contributed by atoms with van der Waals surface area (Å²) in [7, 11) is 0. The third-order valence-electron chi connectivity index (χ3n) is 5.82. The number of thioether (sulfide) groups is 1. The van der Waals surface area contributed by atoms with E-state index in [1.54, 1.807) is 24.8 Å². The Morgan fingerprint density at radius 1 is 0.947 bits per heavy atom. The predicted octanol–water partition coefficient (Wildman–Crippen LogP) is 5.27. The summed E-state index contributed by atoms with van der Waals surface area (Å²) in [5.74, 6) is 4.33. The minimum absolute atomic E-state index is 0.574. The van der Waals surface area contributed by atoms with Gasteiger partial charge in [0.25, 0.3) is 0 Å². The van der Waals surface area contributed by atoms with Gasteiger partial charge in [-0.15, -0.1) is 11.8 Å². The molecule has 1 heteroatoms. The molecule has 0 aromatic heterocycles. The van der Waals surface area contributed by atoms with Gasteiger partial charge in [0.05, 0.1) is 0 Å². The lowest BCUT2D eigenvalue weighted by Crippen LogP contribution is -2.48. The SMILES string of the molecule is CCSc1ccc(C23CC4CC(CC(C4)C2)C3)cc1. The molecule has 4 saturated carbocycles. The summed E-state index contributed by atoms with van der Waals surface area (Å²) in [5, 5.41) is 0. The molecule has 19 heavy (non-hydrogen) atoms. The van der Waals surface area contributed by atoms with E-state index < -0.39 is 0 Å². The van der Waals surface area contributed by atoms with Crippen molar-refractivity contribution >= 4 is 11.8 Å². The van der Waals surface area contributed by atoms with Crippen LogP contribution < -0.4 is 0 Å². The Labute approximate surface area is 121 Å². The quantitative estimate of drug-likeness (QED) is 0.676. The fraction of sp³-hybridized carbons (Fsp3) is 0.667. The molecule has 0 unspecified atom stereocenters. The smallest absolute Gasteiger partial charge is 0.00720 e. The zero-order chi connectivity index (χ0) is 12.9. The van der Waals surface area contributed by atoms with Gasteiger partial charge in [0, 0.05) is 4.90 Å². The molecule has 4 bridgehead atoms. The topological polar surface area (TPSA) is 0 Å². The highest BCUT2D eigenvalue weighted by molar-refractivity contribution is 7.99. The van der Waals surface area contributed by atoms with Gasteiger partial charge in [0.2, 0.25) is 0 Å². The molecule has 0 nitrogen and oxygen atoms in total. The molecule has 0 amide bonds. The Hall–Kier alpha value is -0.430. The van der Waals surface area contributed by atoms with Gasteiger partial charge < -0.3 is 0 Å². The Kier molecular flexibility index (Phi) is 2.95. The second-order valence-electron chi connectivity index (χ2n) is 7.16. The molecule has 0 N–H and O–H groups in total. The van der Waals surface area contributed by atoms with Crippen LogP contribution in [0.2, 0.25) is 0 Å². The van der Waals surface area contributed by atoms with Gasteiger partial charge in [-0.2, -0.15) is 0 Å². The van der Waals surface area contributed by atoms with Crippen molar-refractivity contribution in [2.24, 2.45) is 17.8 Å². The first kappa shape index (κ1) is 12.3. The summed E-state index contributed by atoms with van der Waals surface area (Å²) < 4.78 is 0. The molecule has 0 heterocycles. The molecule has 0 atom stereocenters. The summed E-state index contributed by atoms with van der Waals surface area (Å²) in [6.07, 6.45) is 9.09. The third-order valence-corrected chi connectivity index (χ3v) is 6.71. The van der Waals surface area contributed by atoms with Gasteiger partial charge >= 0.3 is 0 Å². The number of hydrogen-bond donors (Lipinski definition) is 0. The minimum atomic E-state index is 0.574. The first-order chi connectivity index (χ1) is 9.27. The lowest BCUT2D eigenvalue weighted by atomic mass is 9.48. The molecule has 0 saturated heterocycles. The van der Waals surface area contributed by atoms with Gasteiger partial charge in [-0.1, -0.05) is 19.1 Å². The molecule has 0 spiro atoms. The average molecular weight is 272 g/mol. The van der Waals surface area contributed by atoms with Crippen LogP contribution in [0.1, 0.15) is 51.0 Å². The standard InChI is InChI=1S/C18H24S/c1-2-19-17-5-3-16(4-6-17)18-10-13-7-14(11-18)9-15(8-13)12-18/h3-6,13-15H,2,7-12H2,1H3. The molecule has 1 aromatic carbocycles. The van der Waals surface area contributed by atoms with Crippen LogP contribution in [-0.2, 0) is 5.41 Å². The zero-order valence-electron chi connectivity index (χ0n) is 11.9. The van der Waals surface area contributed by atoms with Crippen molar-refractivity contribution in [1.82, 2.24) is 0 Å². The van der Waals surface area contributed by atoms with E-state index in [4.69, 9.17) is 0 Å². The molecular weight excluding hydrogens is 248 g/mol. The van der Waals surface area contributed by atoms with Gasteiger partial charge in [-0.3, -0.25) is 0 Å². The van der Waals surface area contributed by atoms with Crippen LogP contribution in [0.4, 0.5) is 0 Å². The van der Waals surface area contributed by atoms with Crippen molar-refractivity contribution in [3.05, 3.63) is 29.8 Å². The maximum atomic E-state index is 2.45. The molecule has 5 rings (SSSR count). The van der Waals surface area contributed by atoms with Gasteiger partial charge in [-0.05, 0) is 85.1 Å². The van der Waals surface area contributed by atoms with E-state index in [0.29, 0.717) is 5.41 Å². The maximum Gasteiger partial charge on any atom is 0.00720 e. The monoisotopic (exact) mass is 272 g/mol. The van der Waals surface area contributed by atoms with Crippen molar-refractivity contribution in [3.63, 3.8) is 0 Å². The van der Waals surface area contributed by atoms with Crippen LogP contribution in [0, 0.1) is 17.8 Å². The highest BCUT2D eigenvalue weighted by Crippen LogP contribution is 2.60. The van der Waals surface area contributed by atoms with Crippen LogP contribution in [-0.4, -0.2) is 5.75 Å². The normalized spacial score (nSPS) is 39.7. The van der Waals surface area contributed by atoms with E-state index in [1.165, 1.54) is 29.9 Å². The fourth-order valence-corrected chi connectivity index (χ4v) is 6.20. The van der Waals surface area contributed by atoms with Crippen LogP contribution in [0.15, 0.2) is 29.2 Å². The van der Waals surface area contributed by atoms with E-state index in [9.17, 15) is 0 Å². The van der Waals surface area contributed by atoms with Crippen LogP contribution in [0.5, 0.6) is 0 Å². The van der Waals surface area contributed by atoms with Crippen molar-refractivity contribution < 1.29 is 0 Å². The Morgan fingerprint density at radius 2 is 1.47 bits per heavy atom. The van der Waals surface area contributed by atoms with Crippen LogP contribution in [0.3, 0.4) is 0 Å². The molecule has 4 aliphatic carbocycles. The van der Waals surface area contributed by atoms with E-state index in [0.717, 1.165) is 17.8 Å². The van der Waals surface area contributed by atoms with E-state index >= 15 is 0 Å². The average Bonchev–Trinajstić information content (AvgIpc) is 2.38. The lowest BCUT2D eigenvalue weighted by molar-refractivity contribution is -0.00520. The third kappa shape index (κ3) is 2.05. The van der Waals surface area contributed by atoms with Crippen molar-refractivity contribution in [2.75, 3.05) is 5.75 Å². The van der Waals surface area contributed by atoms with Crippen LogP contribution in [0.25, 0.3) is 0 Å². The Morgan fingerprint density at radius 3 is 1.95 bits per heavy atom. The summed E-state index contributed by atoms with van der Waals surface area (Å²) in [4.78, 5) is 1.44. The Bertz CT molecular complexity index is 424. The molecule has 0 aliphatic heterocycles. The van der Waals surface area contributed by atoms with Crippen molar-refractivity contribution in [2.45, 2.75) is 55.8 Å². The molecule has 102 valence electrons. The minimum Gasteiger partial charge on any atom is -0.126 e. The second-order valence-corrected chi connectivity index (χ2v) is 8.49. The highest BCUT2D eigenvalue weighted by atomic mass is 32.2. The molecular formula is C18H24S. The molecule has 0 radical (unpaired) electrons. The maximum absolute atomic E-state index is 2.45. The van der Waals surface area contributed by atoms with E-state index in [1.807, 2.05) is 11.8 Å². The molecule has 4 aliphatic rings. The van der Waals surface area contributed by atoms with Crippen molar-refractivity contribution in [3.8, 4) is 0 Å². The Balaban J connectivity index is 1.64. The lowest BCUT2D eigenvalue weighted by Gasteiger charge is -2.57. The zero-order valence-corrected chi connectivity index (χ0v) is 12.7. The largest absolute Gasteiger partial charge is 0.126 e. The number of hydrogen-bond acceptors (Lipinski definition) is 1. The number of benzene rings is 1. The highest BCUT2D eigenvalue weighted by Gasteiger charge is 2.51. The van der Waals surface area contributed by atoms with Gasteiger partial charge in [-0.25, -0.2) is 0 Å². The van der Waals surface area contributed by atoms with Gasteiger partial charge in [0.15, 0.2) is 0 Å². The summed E-state index contributed by atoms with van der Waals surface area (Å²) in [6.45, 7) is 2.23. The molecule has 4 fully saturated rings.